The first kappa shape index (κ1) is 13.6. The summed E-state index contributed by atoms with van der Waals surface area (Å²) in [6, 6.07) is 3.86. The molecular weight excluding hydrogens is 242 g/mol. The van der Waals surface area contributed by atoms with E-state index >= 15 is 0 Å². The van der Waals surface area contributed by atoms with Crippen molar-refractivity contribution in [2.24, 2.45) is 0 Å². The number of fused-ring (bicyclic) bond motifs is 1. The lowest BCUT2D eigenvalue weighted by molar-refractivity contribution is -0.144. The van der Waals surface area contributed by atoms with E-state index in [0.717, 1.165) is 23.2 Å². The minimum absolute atomic E-state index is 0.172. The maximum atomic E-state index is 12.7. The monoisotopic (exact) mass is 261 g/mol. The van der Waals surface area contributed by atoms with Crippen LogP contribution in [0, 0.1) is 13.8 Å². The Hall–Kier alpha value is -1.84. The molecule has 4 heteroatoms. The smallest absolute Gasteiger partial charge is 0.339 e. The van der Waals surface area contributed by atoms with Crippen molar-refractivity contribution < 1.29 is 14.3 Å². The number of hydrogen-bond donors (Lipinski definition) is 1. The molecule has 2 rings (SSSR count). The van der Waals surface area contributed by atoms with Gasteiger partial charge in [0.1, 0.15) is 0 Å². The van der Waals surface area contributed by atoms with Crippen LogP contribution in [0.2, 0.25) is 0 Å². The van der Waals surface area contributed by atoms with Gasteiger partial charge in [0.05, 0.1) is 7.11 Å². The van der Waals surface area contributed by atoms with Crippen LogP contribution < -0.4 is 5.32 Å². The molecule has 0 aromatic heterocycles. The third-order valence-electron chi connectivity index (χ3n) is 3.60. The normalized spacial score (nSPS) is 20.9. The van der Waals surface area contributed by atoms with Crippen LogP contribution in [0.3, 0.4) is 0 Å². The number of carbonyl (C=O) groups excluding carboxylic acids is 2. The Bertz CT molecular complexity index is 551. The molecule has 1 unspecified atom stereocenters. The second-order valence-corrected chi connectivity index (χ2v) is 5.11. The summed E-state index contributed by atoms with van der Waals surface area (Å²) < 4.78 is 4.84. The molecule has 0 saturated carbocycles. The van der Waals surface area contributed by atoms with Gasteiger partial charge in [-0.2, -0.15) is 0 Å². The Kier molecular flexibility index (Phi) is 3.35. The average Bonchev–Trinajstić information content (AvgIpc) is 2.63. The molecular formula is C15H19NO3. The number of Topliss-reactive ketones (excluding diaryl/α,β-unsaturated/α-hetero) is 1. The Morgan fingerprint density at radius 1 is 1.37 bits per heavy atom. The minimum Gasteiger partial charge on any atom is -0.467 e. The first-order valence-electron chi connectivity index (χ1n) is 6.49. The highest BCUT2D eigenvalue weighted by Crippen LogP contribution is 2.38. The van der Waals surface area contributed by atoms with Crippen molar-refractivity contribution in [3.63, 3.8) is 0 Å². The number of rotatable bonds is 3. The first-order chi connectivity index (χ1) is 8.96. The van der Waals surface area contributed by atoms with E-state index in [9.17, 15) is 9.59 Å². The number of aryl methyl sites for hydroxylation is 2. The summed E-state index contributed by atoms with van der Waals surface area (Å²) in [7, 11) is 1.32. The molecule has 0 saturated heterocycles. The van der Waals surface area contributed by atoms with Crippen LogP contribution in [0.25, 0.3) is 0 Å². The molecule has 1 aliphatic heterocycles. The van der Waals surface area contributed by atoms with Crippen molar-refractivity contribution >= 4 is 17.4 Å². The molecule has 1 aliphatic rings. The Morgan fingerprint density at radius 3 is 2.63 bits per heavy atom. The van der Waals surface area contributed by atoms with Gasteiger partial charge in [0, 0.05) is 11.3 Å². The number of esters is 1. The third kappa shape index (κ3) is 1.91. The molecule has 0 bridgehead atoms. The van der Waals surface area contributed by atoms with Crippen LogP contribution in [0.1, 0.15) is 41.3 Å². The van der Waals surface area contributed by atoms with E-state index < -0.39 is 11.5 Å². The van der Waals surface area contributed by atoms with Gasteiger partial charge in [0.2, 0.25) is 5.78 Å². The van der Waals surface area contributed by atoms with Crippen LogP contribution in [0.15, 0.2) is 12.1 Å². The van der Waals surface area contributed by atoms with Crippen molar-refractivity contribution in [3.05, 3.63) is 28.8 Å². The van der Waals surface area contributed by atoms with E-state index in [0.29, 0.717) is 12.0 Å². The van der Waals surface area contributed by atoms with E-state index in [2.05, 4.69) is 5.32 Å². The number of hydrogen-bond acceptors (Lipinski definition) is 4. The maximum absolute atomic E-state index is 12.7. The first-order valence-corrected chi connectivity index (χ1v) is 6.49. The Balaban J connectivity index is 2.56. The van der Waals surface area contributed by atoms with Gasteiger partial charge in [-0.25, -0.2) is 4.79 Å². The minimum atomic E-state index is -1.25. The van der Waals surface area contributed by atoms with Gasteiger partial charge in [-0.1, -0.05) is 19.4 Å². The second-order valence-electron chi connectivity index (χ2n) is 5.11. The zero-order valence-corrected chi connectivity index (χ0v) is 11.8. The topological polar surface area (TPSA) is 55.4 Å². The number of benzene rings is 1. The van der Waals surface area contributed by atoms with E-state index in [1.54, 1.807) is 0 Å². The number of anilines is 1. The molecule has 1 heterocycles. The van der Waals surface area contributed by atoms with Gasteiger partial charge in [-0.05, 0) is 37.5 Å². The standard InChI is InChI=1S/C15H19NO3/c1-5-6-15(14(18)19-4)13(17)12-10(3)7-9(2)8-11(12)16-15/h7-8,16H,5-6H2,1-4H3. The van der Waals surface area contributed by atoms with E-state index in [-0.39, 0.29) is 5.78 Å². The highest BCUT2D eigenvalue weighted by Gasteiger charge is 2.52. The summed E-state index contributed by atoms with van der Waals surface area (Å²) in [6.07, 6.45) is 1.16. The molecule has 1 aromatic rings. The summed E-state index contributed by atoms with van der Waals surface area (Å²) in [5.41, 5.74) is 2.07. The van der Waals surface area contributed by atoms with Crippen molar-refractivity contribution in [2.45, 2.75) is 39.2 Å². The molecule has 0 fully saturated rings. The molecule has 0 spiro atoms. The summed E-state index contributed by atoms with van der Waals surface area (Å²) in [4.78, 5) is 24.8. The van der Waals surface area contributed by atoms with Crippen LogP contribution in [0.5, 0.6) is 0 Å². The molecule has 1 aromatic carbocycles. The number of ether oxygens (including phenoxy) is 1. The van der Waals surface area contributed by atoms with Crippen LogP contribution in [-0.4, -0.2) is 24.4 Å². The average molecular weight is 261 g/mol. The molecule has 0 aliphatic carbocycles. The molecule has 1 atom stereocenters. The van der Waals surface area contributed by atoms with Gasteiger partial charge < -0.3 is 10.1 Å². The molecule has 19 heavy (non-hydrogen) atoms. The lowest BCUT2D eigenvalue weighted by Crippen LogP contribution is -2.50. The largest absolute Gasteiger partial charge is 0.467 e. The quantitative estimate of drug-likeness (QED) is 0.671. The molecule has 0 amide bonds. The fraction of sp³-hybridized carbons (Fsp3) is 0.467. The van der Waals surface area contributed by atoms with Crippen LogP contribution in [0.4, 0.5) is 5.69 Å². The lowest BCUT2D eigenvalue weighted by atomic mass is 9.87. The highest BCUT2D eigenvalue weighted by atomic mass is 16.5. The Labute approximate surface area is 113 Å². The molecule has 102 valence electrons. The van der Waals surface area contributed by atoms with Gasteiger partial charge in [-0.15, -0.1) is 0 Å². The summed E-state index contributed by atoms with van der Waals surface area (Å²) >= 11 is 0. The fourth-order valence-corrected chi connectivity index (χ4v) is 2.84. The van der Waals surface area contributed by atoms with Gasteiger partial charge in [-0.3, -0.25) is 4.79 Å². The van der Waals surface area contributed by atoms with Crippen molar-refractivity contribution in [1.29, 1.82) is 0 Å². The van der Waals surface area contributed by atoms with Crippen molar-refractivity contribution in [1.82, 2.24) is 0 Å². The van der Waals surface area contributed by atoms with Crippen molar-refractivity contribution in [2.75, 3.05) is 12.4 Å². The van der Waals surface area contributed by atoms with Crippen LogP contribution in [-0.2, 0) is 9.53 Å². The number of carbonyl (C=O) groups is 2. The highest BCUT2D eigenvalue weighted by molar-refractivity contribution is 6.25. The predicted octanol–water partition coefficient (Wildman–Crippen LogP) is 2.62. The third-order valence-corrected chi connectivity index (χ3v) is 3.60. The van der Waals surface area contributed by atoms with Gasteiger partial charge in [0.25, 0.3) is 0 Å². The number of ketones is 1. The zero-order valence-electron chi connectivity index (χ0n) is 11.8. The number of methoxy groups -OCH3 is 1. The SMILES string of the molecule is CCCC1(C(=O)OC)Nc2cc(C)cc(C)c2C1=O. The molecule has 4 nitrogen and oxygen atoms in total. The molecule has 0 radical (unpaired) electrons. The maximum Gasteiger partial charge on any atom is 0.339 e. The van der Waals surface area contributed by atoms with Crippen LogP contribution >= 0.6 is 0 Å². The van der Waals surface area contributed by atoms with E-state index in [1.807, 2.05) is 32.9 Å². The zero-order chi connectivity index (χ0) is 14.2. The van der Waals surface area contributed by atoms with E-state index in [4.69, 9.17) is 4.74 Å². The summed E-state index contributed by atoms with van der Waals surface area (Å²) in [5, 5.41) is 3.11. The predicted molar refractivity (Wildman–Crippen MR) is 73.5 cm³/mol. The van der Waals surface area contributed by atoms with E-state index in [1.165, 1.54) is 7.11 Å². The number of nitrogens with one attached hydrogen (secondary N) is 1. The van der Waals surface area contributed by atoms with Gasteiger partial charge >= 0.3 is 5.97 Å². The lowest BCUT2D eigenvalue weighted by Gasteiger charge is -2.24. The van der Waals surface area contributed by atoms with Gasteiger partial charge in [0.15, 0.2) is 5.54 Å². The summed E-state index contributed by atoms with van der Waals surface area (Å²) in [6.45, 7) is 5.81. The summed E-state index contributed by atoms with van der Waals surface area (Å²) in [5.74, 6) is -0.679. The fourth-order valence-electron chi connectivity index (χ4n) is 2.84. The second kappa shape index (κ2) is 4.68. The van der Waals surface area contributed by atoms with Crippen molar-refractivity contribution in [3.8, 4) is 0 Å². The Morgan fingerprint density at radius 2 is 2.05 bits per heavy atom. The molecule has 1 N–H and O–H groups in total.